The minimum Gasteiger partial charge on any atom is -0.353 e. The second-order valence-corrected chi connectivity index (χ2v) is 8.31. The maximum Gasteiger partial charge on any atom is 0.237 e. The fourth-order valence-corrected chi connectivity index (χ4v) is 3.99. The maximum atomic E-state index is 12.8. The summed E-state index contributed by atoms with van der Waals surface area (Å²) < 4.78 is 0. The van der Waals surface area contributed by atoms with Crippen LogP contribution in [-0.2, 0) is 29.0 Å². The van der Waals surface area contributed by atoms with E-state index in [9.17, 15) is 9.59 Å². The molecule has 2 heterocycles. The lowest BCUT2D eigenvalue weighted by Crippen LogP contribution is -2.56. The van der Waals surface area contributed by atoms with E-state index >= 15 is 0 Å². The molecule has 1 aliphatic carbocycles. The van der Waals surface area contributed by atoms with E-state index in [1.165, 1.54) is 24.1 Å². The lowest BCUT2D eigenvalue weighted by molar-refractivity contribution is -0.138. The number of amides is 2. The Kier molecular flexibility index (Phi) is 6.52. The van der Waals surface area contributed by atoms with Gasteiger partial charge in [0.05, 0.1) is 24.7 Å². The summed E-state index contributed by atoms with van der Waals surface area (Å²) in [5.74, 6) is 0.558. The van der Waals surface area contributed by atoms with E-state index in [1.54, 1.807) is 4.90 Å². The van der Waals surface area contributed by atoms with Crippen molar-refractivity contribution in [1.29, 1.82) is 0 Å². The second kappa shape index (κ2) is 8.87. The number of rotatable bonds is 7. The summed E-state index contributed by atoms with van der Waals surface area (Å²) >= 11 is 0. The van der Waals surface area contributed by atoms with Gasteiger partial charge in [-0.1, -0.05) is 13.8 Å². The molecule has 1 aromatic rings. The van der Waals surface area contributed by atoms with Gasteiger partial charge in [0.1, 0.15) is 0 Å². The molecule has 27 heavy (non-hydrogen) atoms. The van der Waals surface area contributed by atoms with Crippen molar-refractivity contribution in [2.45, 2.75) is 65.0 Å². The van der Waals surface area contributed by atoms with Gasteiger partial charge < -0.3 is 10.2 Å². The molecule has 0 saturated carbocycles. The number of hydrogen-bond acceptors (Lipinski definition) is 4. The molecule has 1 atom stereocenters. The molecule has 1 saturated heterocycles. The minimum atomic E-state index is -0.361. The monoisotopic (exact) mass is 375 g/mol. The van der Waals surface area contributed by atoms with Crippen molar-refractivity contribution in [2.24, 2.45) is 5.92 Å². The third-order valence-corrected chi connectivity index (χ3v) is 5.76. The van der Waals surface area contributed by atoms with E-state index in [1.807, 2.05) is 7.05 Å². The van der Waals surface area contributed by atoms with Crippen molar-refractivity contribution in [3.8, 4) is 0 Å². The Bertz CT molecular complexity index is 669. The van der Waals surface area contributed by atoms with Crippen LogP contribution in [0.25, 0.3) is 0 Å². The average Bonchev–Trinajstić information content (AvgIpc) is 3.05. The molecule has 2 amide bonds. The van der Waals surface area contributed by atoms with E-state index in [0.717, 1.165) is 38.0 Å². The molecule has 7 nitrogen and oxygen atoms in total. The van der Waals surface area contributed by atoms with Crippen LogP contribution in [0.3, 0.4) is 0 Å². The van der Waals surface area contributed by atoms with Crippen LogP contribution in [0.1, 0.15) is 56.5 Å². The van der Waals surface area contributed by atoms with Crippen LogP contribution in [0.2, 0.25) is 0 Å². The van der Waals surface area contributed by atoms with E-state index in [4.69, 9.17) is 0 Å². The van der Waals surface area contributed by atoms with E-state index < -0.39 is 0 Å². The van der Waals surface area contributed by atoms with E-state index in [0.29, 0.717) is 19.0 Å². The number of carbonyl (C=O) groups excluding carboxylic acids is 2. The molecule has 0 unspecified atom stereocenters. The number of fused-ring (bicyclic) bond motifs is 1. The zero-order chi connectivity index (χ0) is 19.4. The first kappa shape index (κ1) is 19.9. The summed E-state index contributed by atoms with van der Waals surface area (Å²) in [6.45, 7) is 7.21. The highest BCUT2D eigenvalue weighted by Crippen LogP contribution is 2.23. The number of nitrogens with zero attached hydrogens (tertiary/aromatic N) is 3. The number of H-pyrrole nitrogens is 1. The average molecular weight is 376 g/mol. The van der Waals surface area contributed by atoms with Gasteiger partial charge in [0.2, 0.25) is 11.8 Å². The first-order valence-electron chi connectivity index (χ1n) is 10.3. The van der Waals surface area contributed by atoms with Crippen LogP contribution in [-0.4, -0.2) is 64.5 Å². The molecule has 1 aliphatic heterocycles. The summed E-state index contributed by atoms with van der Waals surface area (Å²) in [7, 11) is 1.81. The number of aromatic amines is 1. The Balaban J connectivity index is 1.60. The van der Waals surface area contributed by atoms with Gasteiger partial charge in [0.15, 0.2) is 0 Å². The molecule has 0 aromatic carbocycles. The lowest BCUT2D eigenvalue weighted by atomic mass is 9.96. The Morgan fingerprint density at radius 2 is 2.11 bits per heavy atom. The van der Waals surface area contributed by atoms with Gasteiger partial charge in [-0.2, -0.15) is 5.10 Å². The van der Waals surface area contributed by atoms with Crippen LogP contribution in [0.5, 0.6) is 0 Å². The lowest BCUT2D eigenvalue weighted by Gasteiger charge is -2.35. The predicted molar refractivity (Wildman–Crippen MR) is 104 cm³/mol. The smallest absolute Gasteiger partial charge is 0.237 e. The van der Waals surface area contributed by atoms with Crippen molar-refractivity contribution >= 4 is 11.8 Å². The molecule has 7 heteroatoms. The Morgan fingerprint density at radius 3 is 2.89 bits per heavy atom. The molecule has 0 radical (unpaired) electrons. The highest BCUT2D eigenvalue weighted by molar-refractivity contribution is 5.88. The molecule has 0 bridgehead atoms. The van der Waals surface area contributed by atoms with Gasteiger partial charge >= 0.3 is 0 Å². The van der Waals surface area contributed by atoms with Crippen molar-refractivity contribution in [3.63, 3.8) is 0 Å². The zero-order valence-electron chi connectivity index (χ0n) is 16.9. The third-order valence-electron chi connectivity index (χ3n) is 5.76. The number of piperazine rings is 1. The van der Waals surface area contributed by atoms with Crippen molar-refractivity contribution < 1.29 is 9.59 Å². The molecular formula is C20H33N5O2. The predicted octanol–water partition coefficient (Wildman–Crippen LogP) is 1.48. The first-order chi connectivity index (χ1) is 13.0. The van der Waals surface area contributed by atoms with E-state index in [-0.39, 0.29) is 24.3 Å². The highest BCUT2D eigenvalue weighted by Gasteiger charge is 2.32. The van der Waals surface area contributed by atoms with Crippen LogP contribution in [0, 0.1) is 5.92 Å². The van der Waals surface area contributed by atoms with Gasteiger partial charge in [-0.05, 0) is 50.1 Å². The van der Waals surface area contributed by atoms with Gasteiger partial charge in [0.25, 0.3) is 0 Å². The molecule has 1 fully saturated rings. The largest absolute Gasteiger partial charge is 0.353 e. The SMILES string of the molecule is CC(C)CCN1CCNC(=O)[C@@H]1CC(=O)N(C)Cc1n[nH]c2c1CCCC2. The molecule has 2 N–H and O–H groups in total. The fourth-order valence-electron chi connectivity index (χ4n) is 3.99. The number of carbonyl (C=O) groups is 2. The summed E-state index contributed by atoms with van der Waals surface area (Å²) in [6, 6.07) is -0.361. The molecule has 2 aliphatic rings. The van der Waals surface area contributed by atoms with Crippen molar-refractivity contribution in [1.82, 2.24) is 25.3 Å². The van der Waals surface area contributed by atoms with Gasteiger partial charge in [-0.15, -0.1) is 0 Å². The number of hydrogen-bond donors (Lipinski definition) is 2. The summed E-state index contributed by atoms with van der Waals surface area (Å²) in [4.78, 5) is 29.1. The summed E-state index contributed by atoms with van der Waals surface area (Å²) in [6.07, 6.45) is 5.74. The fraction of sp³-hybridized carbons (Fsp3) is 0.750. The summed E-state index contributed by atoms with van der Waals surface area (Å²) in [5.41, 5.74) is 3.49. The third kappa shape index (κ3) is 4.89. The quantitative estimate of drug-likeness (QED) is 0.756. The Hall–Kier alpha value is -1.89. The second-order valence-electron chi connectivity index (χ2n) is 8.31. The van der Waals surface area contributed by atoms with E-state index in [2.05, 4.69) is 34.3 Å². The van der Waals surface area contributed by atoms with Crippen LogP contribution in [0.4, 0.5) is 0 Å². The van der Waals surface area contributed by atoms with Gasteiger partial charge in [-0.25, -0.2) is 0 Å². The van der Waals surface area contributed by atoms with Crippen molar-refractivity contribution in [3.05, 3.63) is 17.0 Å². The Labute approximate surface area is 161 Å². The highest BCUT2D eigenvalue weighted by atomic mass is 16.2. The van der Waals surface area contributed by atoms with Gasteiger partial charge in [-0.3, -0.25) is 19.6 Å². The minimum absolute atomic E-state index is 0.000781. The summed E-state index contributed by atoms with van der Waals surface area (Å²) in [5, 5.41) is 10.5. The first-order valence-corrected chi connectivity index (χ1v) is 10.3. The van der Waals surface area contributed by atoms with Crippen molar-refractivity contribution in [2.75, 3.05) is 26.7 Å². The van der Waals surface area contributed by atoms with Crippen LogP contribution >= 0.6 is 0 Å². The number of aromatic nitrogens is 2. The zero-order valence-corrected chi connectivity index (χ0v) is 16.9. The normalized spacial score (nSPS) is 20.4. The van der Waals surface area contributed by atoms with Crippen LogP contribution in [0.15, 0.2) is 0 Å². The maximum absolute atomic E-state index is 12.8. The van der Waals surface area contributed by atoms with Gasteiger partial charge in [0, 0.05) is 25.8 Å². The molecule has 1 aromatic heterocycles. The topological polar surface area (TPSA) is 81.3 Å². The molecule has 3 rings (SSSR count). The van der Waals surface area contributed by atoms with Crippen LogP contribution < -0.4 is 5.32 Å². The molecular weight excluding hydrogens is 342 g/mol. The number of nitrogens with one attached hydrogen (secondary N) is 2. The number of aryl methyl sites for hydroxylation is 1. The molecule has 150 valence electrons. The Morgan fingerprint density at radius 1 is 1.33 bits per heavy atom. The standard InChI is InChI=1S/C20H33N5O2/c1-14(2)8-10-25-11-9-21-20(27)18(25)12-19(26)24(3)13-17-15-6-4-5-7-16(15)22-23-17/h14,18H,4-13H2,1-3H3,(H,21,27)(H,22,23)/t18-/m0/s1. The molecule has 0 spiro atoms.